The van der Waals surface area contributed by atoms with Gasteiger partial charge in [-0.05, 0) is 47.0 Å². The third-order valence-electron chi connectivity index (χ3n) is 3.37. The molecule has 3 N–H and O–H groups in total. The highest BCUT2D eigenvalue weighted by Gasteiger charge is 2.20. The average Bonchev–Trinajstić information content (AvgIpc) is 2.42. The Morgan fingerprint density at radius 2 is 2.00 bits per heavy atom. The van der Waals surface area contributed by atoms with Crippen molar-refractivity contribution in [2.45, 2.75) is 63.4 Å². The number of nitrogens with two attached hydrogens (primary N) is 1. The van der Waals surface area contributed by atoms with E-state index in [4.69, 9.17) is 5.73 Å². The van der Waals surface area contributed by atoms with E-state index in [2.05, 4.69) is 27.6 Å². The maximum atomic E-state index is 12.4. The van der Waals surface area contributed by atoms with E-state index in [0.29, 0.717) is 11.0 Å². The van der Waals surface area contributed by atoms with Crippen molar-refractivity contribution in [3.8, 4) is 0 Å². The largest absolute Gasteiger partial charge is 0.326 e. The SMILES string of the molecule is CCCCCCC(C)NS(=O)(=O)c1ccc(CN)cc1Br. The summed E-state index contributed by atoms with van der Waals surface area (Å²) in [6, 6.07) is 5.03. The molecule has 0 aromatic heterocycles. The monoisotopic (exact) mass is 376 g/mol. The summed E-state index contributed by atoms with van der Waals surface area (Å²) in [5, 5.41) is 0. The van der Waals surface area contributed by atoms with Gasteiger partial charge in [-0.1, -0.05) is 38.7 Å². The molecule has 120 valence electrons. The highest BCUT2D eigenvalue weighted by molar-refractivity contribution is 9.10. The Kier molecular flexibility index (Phi) is 7.87. The molecule has 1 aromatic carbocycles. The number of hydrogen-bond donors (Lipinski definition) is 2. The summed E-state index contributed by atoms with van der Waals surface area (Å²) in [6.45, 7) is 4.46. The van der Waals surface area contributed by atoms with Crippen LogP contribution >= 0.6 is 15.9 Å². The Morgan fingerprint density at radius 3 is 2.57 bits per heavy atom. The fraction of sp³-hybridized carbons (Fsp3) is 0.600. The number of halogens is 1. The predicted molar refractivity (Wildman–Crippen MR) is 90.6 cm³/mol. The van der Waals surface area contributed by atoms with Crippen LogP contribution in [0.3, 0.4) is 0 Å². The lowest BCUT2D eigenvalue weighted by Gasteiger charge is -2.15. The lowest BCUT2D eigenvalue weighted by Crippen LogP contribution is -2.32. The van der Waals surface area contributed by atoms with Gasteiger partial charge < -0.3 is 5.73 Å². The molecule has 0 heterocycles. The number of benzene rings is 1. The van der Waals surface area contributed by atoms with Gasteiger partial charge in [0.15, 0.2) is 0 Å². The van der Waals surface area contributed by atoms with Crippen LogP contribution in [0.15, 0.2) is 27.6 Å². The van der Waals surface area contributed by atoms with E-state index < -0.39 is 10.0 Å². The zero-order chi connectivity index (χ0) is 15.9. The van der Waals surface area contributed by atoms with E-state index in [1.54, 1.807) is 18.2 Å². The lowest BCUT2D eigenvalue weighted by molar-refractivity contribution is 0.521. The summed E-state index contributed by atoms with van der Waals surface area (Å²) in [7, 11) is -3.50. The van der Waals surface area contributed by atoms with Gasteiger partial charge in [0, 0.05) is 17.1 Å². The molecule has 6 heteroatoms. The van der Waals surface area contributed by atoms with Gasteiger partial charge in [-0.15, -0.1) is 0 Å². The Labute approximate surface area is 136 Å². The molecule has 1 atom stereocenters. The van der Waals surface area contributed by atoms with Crippen LogP contribution in [0.2, 0.25) is 0 Å². The molecule has 1 aromatic rings. The predicted octanol–water partition coefficient (Wildman–Crippen LogP) is 3.55. The Bertz CT molecular complexity index is 547. The second kappa shape index (κ2) is 8.88. The smallest absolute Gasteiger partial charge is 0.241 e. The van der Waals surface area contributed by atoms with E-state index in [9.17, 15) is 8.42 Å². The molecular formula is C15H25BrN2O2S. The second-order valence-electron chi connectivity index (χ2n) is 5.34. The van der Waals surface area contributed by atoms with Gasteiger partial charge in [0.05, 0.1) is 4.90 Å². The van der Waals surface area contributed by atoms with Crippen molar-refractivity contribution in [3.05, 3.63) is 28.2 Å². The van der Waals surface area contributed by atoms with Gasteiger partial charge in [-0.3, -0.25) is 0 Å². The standard InChI is InChI=1S/C15H25BrN2O2S/c1-3-4-5-6-7-12(2)18-21(19,20)15-9-8-13(11-17)10-14(15)16/h8-10,12,18H,3-7,11,17H2,1-2H3. The Hall–Kier alpha value is -0.430. The molecule has 0 saturated carbocycles. The first-order chi connectivity index (χ1) is 9.90. The van der Waals surface area contributed by atoms with Crippen LogP contribution in [0.4, 0.5) is 0 Å². The molecule has 0 amide bonds. The van der Waals surface area contributed by atoms with Crippen LogP contribution in [0.1, 0.15) is 51.5 Å². The van der Waals surface area contributed by atoms with Crippen LogP contribution in [-0.4, -0.2) is 14.5 Å². The summed E-state index contributed by atoms with van der Waals surface area (Å²) < 4.78 is 28.0. The fourth-order valence-corrected chi connectivity index (χ4v) is 4.56. The molecular weight excluding hydrogens is 352 g/mol. The second-order valence-corrected chi connectivity index (χ2v) is 7.88. The van der Waals surface area contributed by atoms with Crippen molar-refractivity contribution < 1.29 is 8.42 Å². The number of hydrogen-bond acceptors (Lipinski definition) is 3. The number of sulfonamides is 1. The summed E-state index contributed by atoms with van der Waals surface area (Å²) >= 11 is 3.31. The van der Waals surface area contributed by atoms with Crippen LogP contribution in [-0.2, 0) is 16.6 Å². The molecule has 1 unspecified atom stereocenters. The van der Waals surface area contributed by atoms with Gasteiger partial charge in [-0.25, -0.2) is 13.1 Å². The van der Waals surface area contributed by atoms with Crippen molar-refractivity contribution in [2.75, 3.05) is 0 Å². The summed E-state index contributed by atoms with van der Waals surface area (Å²) in [5.74, 6) is 0. The van der Waals surface area contributed by atoms with E-state index in [0.717, 1.165) is 24.8 Å². The quantitative estimate of drug-likeness (QED) is 0.647. The van der Waals surface area contributed by atoms with E-state index in [-0.39, 0.29) is 10.9 Å². The molecule has 4 nitrogen and oxygen atoms in total. The highest BCUT2D eigenvalue weighted by atomic mass is 79.9. The Morgan fingerprint density at radius 1 is 1.29 bits per heavy atom. The maximum Gasteiger partial charge on any atom is 0.241 e. The van der Waals surface area contributed by atoms with Gasteiger partial charge >= 0.3 is 0 Å². The fourth-order valence-electron chi connectivity index (χ4n) is 2.15. The zero-order valence-electron chi connectivity index (χ0n) is 12.7. The van der Waals surface area contributed by atoms with Crippen molar-refractivity contribution in [3.63, 3.8) is 0 Å². The average molecular weight is 377 g/mol. The minimum Gasteiger partial charge on any atom is -0.326 e. The first-order valence-electron chi connectivity index (χ1n) is 7.41. The number of nitrogens with one attached hydrogen (secondary N) is 1. The van der Waals surface area contributed by atoms with Crippen LogP contribution < -0.4 is 10.5 Å². The molecule has 0 aliphatic heterocycles. The van der Waals surface area contributed by atoms with Gasteiger partial charge in [-0.2, -0.15) is 0 Å². The van der Waals surface area contributed by atoms with E-state index in [1.807, 2.05) is 6.92 Å². The lowest BCUT2D eigenvalue weighted by atomic mass is 10.1. The molecule has 0 aliphatic carbocycles. The van der Waals surface area contributed by atoms with E-state index >= 15 is 0 Å². The van der Waals surface area contributed by atoms with Crippen LogP contribution in [0.5, 0.6) is 0 Å². The van der Waals surface area contributed by atoms with E-state index in [1.165, 1.54) is 12.8 Å². The summed E-state index contributed by atoms with van der Waals surface area (Å²) in [4.78, 5) is 0.264. The van der Waals surface area contributed by atoms with Crippen molar-refractivity contribution >= 4 is 26.0 Å². The third-order valence-corrected chi connectivity index (χ3v) is 5.93. The van der Waals surface area contributed by atoms with Crippen LogP contribution in [0, 0.1) is 0 Å². The summed E-state index contributed by atoms with van der Waals surface area (Å²) in [6.07, 6.45) is 5.44. The van der Waals surface area contributed by atoms with Crippen LogP contribution in [0.25, 0.3) is 0 Å². The number of unbranched alkanes of at least 4 members (excludes halogenated alkanes) is 3. The molecule has 1 rings (SSSR count). The van der Waals surface area contributed by atoms with Crippen molar-refractivity contribution in [1.29, 1.82) is 0 Å². The molecule has 0 fully saturated rings. The first kappa shape index (κ1) is 18.6. The van der Waals surface area contributed by atoms with Gasteiger partial charge in [0.1, 0.15) is 0 Å². The minimum atomic E-state index is -3.50. The molecule has 21 heavy (non-hydrogen) atoms. The molecule has 0 bridgehead atoms. The van der Waals surface area contributed by atoms with Gasteiger partial charge in [0.25, 0.3) is 0 Å². The normalized spacial score (nSPS) is 13.3. The van der Waals surface area contributed by atoms with Gasteiger partial charge in [0.2, 0.25) is 10.0 Å². The highest BCUT2D eigenvalue weighted by Crippen LogP contribution is 2.23. The minimum absolute atomic E-state index is 0.0621. The molecule has 0 spiro atoms. The van der Waals surface area contributed by atoms with Crippen molar-refractivity contribution in [1.82, 2.24) is 4.72 Å². The number of rotatable bonds is 9. The zero-order valence-corrected chi connectivity index (χ0v) is 15.1. The first-order valence-corrected chi connectivity index (χ1v) is 9.69. The maximum absolute atomic E-state index is 12.4. The molecule has 0 radical (unpaired) electrons. The molecule has 0 saturated heterocycles. The van der Waals surface area contributed by atoms with Crippen molar-refractivity contribution in [2.24, 2.45) is 5.73 Å². The topological polar surface area (TPSA) is 72.2 Å². The summed E-state index contributed by atoms with van der Waals surface area (Å²) in [5.41, 5.74) is 6.45. The Balaban J connectivity index is 2.68. The third kappa shape index (κ3) is 6.06. The molecule has 0 aliphatic rings.